The number of nitrogens with one attached hydrogen (secondary N) is 2. The second-order valence-electron chi connectivity index (χ2n) is 7.44. The molecule has 0 bridgehead atoms. The van der Waals surface area contributed by atoms with Crippen LogP contribution in [-0.2, 0) is 6.18 Å². The van der Waals surface area contributed by atoms with Crippen molar-refractivity contribution in [3.05, 3.63) is 90.0 Å². The Morgan fingerprint density at radius 3 is 2.56 bits per heavy atom. The lowest BCUT2D eigenvalue weighted by atomic mass is 10.1. The van der Waals surface area contributed by atoms with E-state index in [1.807, 2.05) is 13.0 Å². The Balaban J connectivity index is 1.61. The van der Waals surface area contributed by atoms with Gasteiger partial charge in [-0.05, 0) is 61.0 Å². The van der Waals surface area contributed by atoms with Crippen molar-refractivity contribution in [1.82, 2.24) is 15.0 Å². The summed E-state index contributed by atoms with van der Waals surface area (Å²) in [6, 6.07) is 13.2. The number of pyridine rings is 1. The van der Waals surface area contributed by atoms with Gasteiger partial charge in [-0.2, -0.15) is 13.2 Å². The number of carbonyl (C=O) groups is 1. The smallest absolute Gasteiger partial charge is 0.399 e. The van der Waals surface area contributed by atoms with Gasteiger partial charge >= 0.3 is 6.18 Å². The van der Waals surface area contributed by atoms with Crippen LogP contribution in [0.3, 0.4) is 0 Å². The van der Waals surface area contributed by atoms with Crippen LogP contribution < -0.4 is 16.4 Å². The predicted octanol–water partition coefficient (Wildman–Crippen LogP) is 5.44. The Hall–Kier alpha value is -4.47. The standard InChI is InChI=1S/C24H19F3N6O/c1-14-4-5-15(23(34)32-18-11-16(24(25,26)27)10-17(28)12-18)9-21(14)33-22-19(3-2-7-30-22)20-6-8-29-13-31-20/h2-13H,28H2,1H3,(H,30,33)(H,32,34). The van der Waals surface area contributed by atoms with E-state index in [9.17, 15) is 18.0 Å². The van der Waals surface area contributed by atoms with E-state index in [4.69, 9.17) is 5.73 Å². The van der Waals surface area contributed by atoms with Crippen molar-refractivity contribution in [3.63, 3.8) is 0 Å². The molecule has 4 N–H and O–H groups in total. The van der Waals surface area contributed by atoms with Crippen molar-refractivity contribution >= 4 is 28.8 Å². The van der Waals surface area contributed by atoms with Crippen molar-refractivity contribution < 1.29 is 18.0 Å². The lowest BCUT2D eigenvalue weighted by Crippen LogP contribution is -2.14. The zero-order chi connectivity index (χ0) is 24.3. The molecule has 7 nitrogen and oxygen atoms in total. The van der Waals surface area contributed by atoms with Crippen LogP contribution in [0.25, 0.3) is 11.3 Å². The molecule has 2 aromatic heterocycles. The van der Waals surface area contributed by atoms with E-state index >= 15 is 0 Å². The molecule has 1 amide bonds. The van der Waals surface area contributed by atoms with Crippen LogP contribution in [0, 0.1) is 6.92 Å². The van der Waals surface area contributed by atoms with Crippen LogP contribution in [0.15, 0.2) is 73.3 Å². The van der Waals surface area contributed by atoms with Crippen LogP contribution in [0.2, 0.25) is 0 Å². The molecular formula is C24H19F3N6O. The first-order chi connectivity index (χ1) is 16.2. The number of aryl methyl sites for hydroxylation is 1. The molecule has 2 heterocycles. The number of amides is 1. The normalized spacial score (nSPS) is 11.2. The molecule has 34 heavy (non-hydrogen) atoms. The summed E-state index contributed by atoms with van der Waals surface area (Å²) in [7, 11) is 0. The Bertz CT molecular complexity index is 1340. The van der Waals surface area contributed by atoms with Gasteiger partial charge in [0.05, 0.1) is 11.3 Å². The van der Waals surface area contributed by atoms with E-state index < -0.39 is 17.6 Å². The van der Waals surface area contributed by atoms with Crippen LogP contribution in [0.1, 0.15) is 21.5 Å². The summed E-state index contributed by atoms with van der Waals surface area (Å²) in [5, 5.41) is 5.70. The summed E-state index contributed by atoms with van der Waals surface area (Å²) in [6.45, 7) is 1.85. The highest BCUT2D eigenvalue weighted by Gasteiger charge is 2.31. The second-order valence-corrected chi connectivity index (χ2v) is 7.44. The quantitative estimate of drug-likeness (QED) is 0.340. The molecular weight excluding hydrogens is 445 g/mol. The second kappa shape index (κ2) is 9.18. The summed E-state index contributed by atoms with van der Waals surface area (Å²) >= 11 is 0. The molecule has 0 saturated heterocycles. The number of aromatic nitrogens is 3. The van der Waals surface area contributed by atoms with E-state index in [0.29, 0.717) is 17.2 Å². The number of hydrogen-bond acceptors (Lipinski definition) is 6. The fourth-order valence-electron chi connectivity index (χ4n) is 3.28. The fraction of sp³-hybridized carbons (Fsp3) is 0.0833. The number of benzene rings is 2. The summed E-state index contributed by atoms with van der Waals surface area (Å²) in [4.78, 5) is 25.4. The molecule has 0 spiro atoms. The molecule has 2 aromatic carbocycles. The van der Waals surface area contributed by atoms with Crippen LogP contribution in [0.4, 0.5) is 36.1 Å². The molecule has 172 valence electrons. The van der Waals surface area contributed by atoms with Crippen molar-refractivity contribution in [2.24, 2.45) is 0 Å². The lowest BCUT2D eigenvalue weighted by Gasteiger charge is -2.14. The maximum Gasteiger partial charge on any atom is 0.416 e. The minimum absolute atomic E-state index is 0.0526. The molecule has 0 aliphatic rings. The number of nitrogen functional groups attached to an aromatic ring is 1. The Labute approximate surface area is 192 Å². The van der Waals surface area contributed by atoms with Crippen molar-refractivity contribution in [2.75, 3.05) is 16.4 Å². The average Bonchev–Trinajstić information content (AvgIpc) is 2.80. The van der Waals surface area contributed by atoms with E-state index in [2.05, 4.69) is 25.6 Å². The van der Waals surface area contributed by atoms with E-state index in [-0.39, 0.29) is 16.9 Å². The molecule has 4 rings (SSSR count). The van der Waals surface area contributed by atoms with Gasteiger partial charge in [0.15, 0.2) is 0 Å². The number of carbonyl (C=O) groups excluding carboxylic acids is 1. The molecule has 0 aliphatic carbocycles. The highest BCUT2D eigenvalue weighted by Crippen LogP contribution is 2.33. The maximum absolute atomic E-state index is 13.1. The monoisotopic (exact) mass is 464 g/mol. The lowest BCUT2D eigenvalue weighted by molar-refractivity contribution is -0.137. The summed E-state index contributed by atoms with van der Waals surface area (Å²) < 4.78 is 39.2. The van der Waals surface area contributed by atoms with E-state index in [0.717, 1.165) is 23.3 Å². The van der Waals surface area contributed by atoms with Gasteiger partial charge in [-0.3, -0.25) is 4.79 Å². The molecule has 0 fully saturated rings. The zero-order valence-electron chi connectivity index (χ0n) is 17.9. The number of rotatable bonds is 5. The van der Waals surface area contributed by atoms with E-state index in [1.165, 1.54) is 12.4 Å². The van der Waals surface area contributed by atoms with Gasteiger partial charge in [0.1, 0.15) is 12.1 Å². The first kappa shape index (κ1) is 22.7. The van der Waals surface area contributed by atoms with Crippen molar-refractivity contribution in [2.45, 2.75) is 13.1 Å². The number of alkyl halides is 3. The van der Waals surface area contributed by atoms with Gasteiger partial charge in [-0.1, -0.05) is 6.07 Å². The number of halogens is 3. The highest BCUT2D eigenvalue weighted by molar-refractivity contribution is 6.05. The molecule has 0 aliphatic heterocycles. The maximum atomic E-state index is 13.1. The third-order valence-electron chi connectivity index (χ3n) is 4.96. The SMILES string of the molecule is Cc1ccc(C(=O)Nc2cc(N)cc(C(F)(F)F)c2)cc1Nc1ncccc1-c1ccncn1. The average molecular weight is 464 g/mol. The third-order valence-corrected chi connectivity index (χ3v) is 4.96. The number of anilines is 4. The molecule has 0 radical (unpaired) electrons. The van der Waals surface area contributed by atoms with Gasteiger partial charge in [-0.25, -0.2) is 15.0 Å². The molecule has 10 heteroatoms. The minimum atomic E-state index is -4.58. The zero-order valence-corrected chi connectivity index (χ0v) is 17.9. The number of nitrogens with two attached hydrogens (primary N) is 1. The summed E-state index contributed by atoms with van der Waals surface area (Å²) in [5.74, 6) is -0.0636. The van der Waals surface area contributed by atoms with Crippen LogP contribution >= 0.6 is 0 Å². The van der Waals surface area contributed by atoms with Crippen molar-refractivity contribution in [1.29, 1.82) is 0 Å². The number of hydrogen-bond donors (Lipinski definition) is 3. The first-order valence-electron chi connectivity index (χ1n) is 10.1. The number of nitrogens with zero attached hydrogens (tertiary/aromatic N) is 3. The molecule has 0 unspecified atom stereocenters. The Morgan fingerprint density at radius 2 is 1.82 bits per heavy atom. The van der Waals surface area contributed by atoms with Gasteiger partial charge in [-0.15, -0.1) is 0 Å². The minimum Gasteiger partial charge on any atom is -0.399 e. The van der Waals surface area contributed by atoms with Crippen LogP contribution in [0.5, 0.6) is 0 Å². The van der Waals surface area contributed by atoms with Crippen molar-refractivity contribution in [3.8, 4) is 11.3 Å². The van der Waals surface area contributed by atoms with Crippen LogP contribution in [-0.4, -0.2) is 20.9 Å². The van der Waals surface area contributed by atoms with Gasteiger partial charge in [0, 0.05) is 40.6 Å². The molecule has 0 atom stereocenters. The first-order valence-corrected chi connectivity index (χ1v) is 10.1. The Kier molecular flexibility index (Phi) is 6.13. The fourth-order valence-corrected chi connectivity index (χ4v) is 3.28. The predicted molar refractivity (Wildman–Crippen MR) is 124 cm³/mol. The van der Waals surface area contributed by atoms with E-state index in [1.54, 1.807) is 42.7 Å². The molecule has 4 aromatic rings. The summed E-state index contributed by atoms with van der Waals surface area (Å²) in [5.41, 5.74) is 7.56. The van der Waals surface area contributed by atoms with Gasteiger partial charge in [0.25, 0.3) is 5.91 Å². The molecule has 0 saturated carbocycles. The highest BCUT2D eigenvalue weighted by atomic mass is 19.4. The Morgan fingerprint density at radius 1 is 1.00 bits per heavy atom. The van der Waals surface area contributed by atoms with Gasteiger partial charge in [0.2, 0.25) is 0 Å². The third kappa shape index (κ3) is 5.12. The topological polar surface area (TPSA) is 106 Å². The summed E-state index contributed by atoms with van der Waals surface area (Å²) in [6.07, 6.45) is 0.0928. The largest absolute Gasteiger partial charge is 0.416 e. The van der Waals surface area contributed by atoms with Gasteiger partial charge < -0.3 is 16.4 Å².